The minimum absolute atomic E-state index is 0.0733. The van der Waals surface area contributed by atoms with E-state index in [-0.39, 0.29) is 23.9 Å². The van der Waals surface area contributed by atoms with Crippen molar-refractivity contribution in [2.24, 2.45) is 0 Å². The number of amides is 1. The topological polar surface area (TPSA) is 120 Å². The minimum Gasteiger partial charge on any atom is -0.393 e. The molecule has 9 nitrogen and oxygen atoms in total. The molecule has 1 unspecified atom stereocenters. The number of likely N-dealkylation sites (tertiary alicyclic amines) is 2. The van der Waals surface area contributed by atoms with Crippen LogP contribution in [-0.2, 0) is 17.9 Å². The molecular weight excluding hydrogens is 586 g/mol. The van der Waals surface area contributed by atoms with Crippen LogP contribution in [0.15, 0.2) is 67.0 Å². The molecule has 3 aromatic rings. The lowest BCUT2D eigenvalue weighted by atomic mass is 10.0. The van der Waals surface area contributed by atoms with Gasteiger partial charge in [-0.25, -0.2) is 4.98 Å². The van der Waals surface area contributed by atoms with Gasteiger partial charge in [0.2, 0.25) is 0 Å². The molecule has 1 aliphatic carbocycles. The van der Waals surface area contributed by atoms with Crippen molar-refractivity contribution in [3.63, 3.8) is 0 Å². The van der Waals surface area contributed by atoms with Gasteiger partial charge in [0.05, 0.1) is 24.3 Å². The molecule has 3 heterocycles. The summed E-state index contributed by atoms with van der Waals surface area (Å²) in [6.07, 6.45) is 12.5. The molecule has 2 saturated heterocycles. The predicted octanol–water partition coefficient (Wildman–Crippen LogP) is 5.47. The largest absolute Gasteiger partial charge is 0.393 e. The molecule has 2 atom stereocenters. The number of allylic oxidation sites excluding steroid dienone is 1. The van der Waals surface area contributed by atoms with Crippen molar-refractivity contribution in [2.75, 3.05) is 39.0 Å². The number of carbonyl (C=O) groups excluding carboxylic acids is 1. The van der Waals surface area contributed by atoms with E-state index in [1.807, 2.05) is 0 Å². The monoisotopic (exact) mass is 635 g/mol. The highest BCUT2D eigenvalue weighted by Gasteiger charge is 2.30. The lowest BCUT2D eigenvalue weighted by molar-refractivity contribution is 0.0272. The van der Waals surface area contributed by atoms with Crippen LogP contribution >= 0.6 is 0 Å². The number of hydrogen-bond donors (Lipinski definition) is 4. The summed E-state index contributed by atoms with van der Waals surface area (Å²) in [6, 6.07) is 20.0. The number of aromatic nitrogens is 1. The van der Waals surface area contributed by atoms with Gasteiger partial charge >= 0.3 is 0 Å². The van der Waals surface area contributed by atoms with Crippen molar-refractivity contribution in [3.05, 3.63) is 89.2 Å². The van der Waals surface area contributed by atoms with Gasteiger partial charge in [-0.2, -0.15) is 0 Å². The van der Waals surface area contributed by atoms with Crippen molar-refractivity contribution in [1.82, 2.24) is 25.4 Å². The molecule has 2 aliphatic heterocycles. The Kier molecular flexibility index (Phi) is 11.0. The maximum Gasteiger partial charge on any atom is 0.255 e. The van der Waals surface area contributed by atoms with Gasteiger partial charge in [0.25, 0.3) is 5.91 Å². The number of rotatable bonds is 12. The average molecular weight is 636 g/mol. The Labute approximate surface area is 279 Å². The Morgan fingerprint density at radius 3 is 2.30 bits per heavy atom. The summed E-state index contributed by atoms with van der Waals surface area (Å²) in [5, 5.41) is 13.7. The summed E-state index contributed by atoms with van der Waals surface area (Å²) >= 11 is 0. The maximum absolute atomic E-state index is 13.2. The van der Waals surface area contributed by atoms with Crippen LogP contribution in [0.5, 0.6) is 0 Å². The second-order valence-corrected chi connectivity index (χ2v) is 13.2. The Morgan fingerprint density at radius 1 is 0.957 bits per heavy atom. The first-order valence-electron chi connectivity index (χ1n) is 17.2. The first-order valence-corrected chi connectivity index (χ1v) is 17.2. The standard InChI is InChI=1S/C38H49N7O2/c1-41-23-32(22-39)31-21-34(37(40)42-24-31)38(46)43-35-5-4-6-36(35)47-26-28-9-13-30(14-10-28)29-11-7-27(8-12-29)25-44-19-15-33(16-20-44)45-17-2-3-18-45/h7-14,21-24,33,35-36,39,41H,2-6,15-20,25-26H2,1H3,(H2,40,42)(H,43,46)/b32-23+,39-22?/t35?,36-/m0/s1. The number of nitrogens with one attached hydrogen (secondary N) is 3. The number of carbonyl (C=O) groups is 1. The zero-order chi connectivity index (χ0) is 32.6. The number of nitrogens with two attached hydrogens (primary N) is 1. The molecule has 2 aromatic carbocycles. The van der Waals surface area contributed by atoms with E-state index in [9.17, 15) is 4.79 Å². The molecule has 3 aliphatic rings. The Morgan fingerprint density at radius 2 is 1.64 bits per heavy atom. The smallest absolute Gasteiger partial charge is 0.255 e. The minimum atomic E-state index is -0.274. The second-order valence-electron chi connectivity index (χ2n) is 13.2. The van der Waals surface area contributed by atoms with E-state index in [0.29, 0.717) is 23.3 Å². The number of anilines is 1. The molecule has 47 heavy (non-hydrogen) atoms. The van der Waals surface area contributed by atoms with Crippen LogP contribution in [-0.4, -0.2) is 78.3 Å². The number of nitrogen functional groups attached to an aromatic ring is 1. The molecule has 0 spiro atoms. The zero-order valence-electron chi connectivity index (χ0n) is 27.6. The maximum atomic E-state index is 13.2. The van der Waals surface area contributed by atoms with Crippen LogP contribution in [0.25, 0.3) is 16.7 Å². The lowest BCUT2D eigenvalue weighted by Gasteiger charge is -2.36. The molecular formula is C38H49N7O2. The van der Waals surface area contributed by atoms with E-state index in [1.165, 1.54) is 74.8 Å². The molecule has 5 N–H and O–H groups in total. The fraction of sp³-hybridized carbons (Fsp3) is 0.447. The molecule has 1 amide bonds. The molecule has 3 fully saturated rings. The summed E-state index contributed by atoms with van der Waals surface area (Å²) in [5.74, 6) is -0.109. The lowest BCUT2D eigenvalue weighted by Crippen LogP contribution is -2.43. The van der Waals surface area contributed by atoms with Crippen molar-refractivity contribution in [2.45, 2.75) is 76.3 Å². The van der Waals surface area contributed by atoms with Gasteiger partial charge in [-0.1, -0.05) is 48.5 Å². The van der Waals surface area contributed by atoms with Crippen molar-refractivity contribution >= 4 is 23.5 Å². The molecule has 6 rings (SSSR count). The van der Waals surface area contributed by atoms with Gasteiger partial charge in [0.15, 0.2) is 0 Å². The van der Waals surface area contributed by atoms with Crippen LogP contribution in [0.3, 0.4) is 0 Å². The summed E-state index contributed by atoms with van der Waals surface area (Å²) < 4.78 is 6.33. The summed E-state index contributed by atoms with van der Waals surface area (Å²) in [7, 11) is 1.76. The summed E-state index contributed by atoms with van der Waals surface area (Å²) in [5.41, 5.74) is 12.5. The van der Waals surface area contributed by atoms with Crippen LogP contribution in [0, 0.1) is 5.41 Å². The SMILES string of the molecule is CN/C=C(\C=N)c1cnc(N)c(C(=O)NC2CCC[C@@H]2OCc2ccc(-c3ccc(CN4CCC(N5CCCC5)CC4)cc3)cc2)c1. The molecule has 0 radical (unpaired) electrons. The number of piperidine rings is 1. The predicted molar refractivity (Wildman–Crippen MR) is 189 cm³/mol. The second kappa shape index (κ2) is 15.7. The normalized spacial score (nSPS) is 21.2. The fourth-order valence-electron chi connectivity index (χ4n) is 7.32. The van der Waals surface area contributed by atoms with Crippen LogP contribution < -0.4 is 16.4 Å². The third-order valence-electron chi connectivity index (χ3n) is 10.0. The molecule has 9 heteroatoms. The Balaban J connectivity index is 0.984. The number of pyridine rings is 1. The van der Waals surface area contributed by atoms with Gasteiger partial charge in [-0.15, -0.1) is 0 Å². The number of benzene rings is 2. The van der Waals surface area contributed by atoms with Gasteiger partial charge in [0, 0.05) is 49.4 Å². The summed E-state index contributed by atoms with van der Waals surface area (Å²) in [4.78, 5) is 22.8. The first-order chi connectivity index (χ1) is 23.0. The number of hydrogen-bond acceptors (Lipinski definition) is 8. The highest BCUT2D eigenvalue weighted by Crippen LogP contribution is 2.27. The number of ether oxygens (including phenoxy) is 1. The van der Waals surface area contributed by atoms with E-state index >= 15 is 0 Å². The van der Waals surface area contributed by atoms with E-state index < -0.39 is 0 Å². The van der Waals surface area contributed by atoms with Gasteiger partial charge in [-0.05, 0) is 99.4 Å². The van der Waals surface area contributed by atoms with Crippen LogP contribution in [0.1, 0.15) is 72.0 Å². The van der Waals surface area contributed by atoms with E-state index in [2.05, 4.69) is 73.9 Å². The third kappa shape index (κ3) is 8.27. The first kappa shape index (κ1) is 32.9. The van der Waals surface area contributed by atoms with Crippen LogP contribution in [0.2, 0.25) is 0 Å². The molecule has 248 valence electrons. The zero-order valence-corrected chi connectivity index (χ0v) is 27.6. The molecule has 0 bridgehead atoms. The van der Waals surface area contributed by atoms with E-state index in [0.717, 1.165) is 37.4 Å². The molecule has 1 saturated carbocycles. The van der Waals surface area contributed by atoms with Crippen molar-refractivity contribution in [1.29, 1.82) is 5.41 Å². The van der Waals surface area contributed by atoms with E-state index in [4.69, 9.17) is 15.9 Å². The fourth-order valence-corrected chi connectivity index (χ4v) is 7.32. The third-order valence-corrected chi connectivity index (χ3v) is 10.0. The van der Waals surface area contributed by atoms with E-state index in [1.54, 1.807) is 25.5 Å². The van der Waals surface area contributed by atoms with Crippen molar-refractivity contribution < 1.29 is 9.53 Å². The molecule has 1 aromatic heterocycles. The van der Waals surface area contributed by atoms with Gasteiger partial charge < -0.3 is 31.4 Å². The average Bonchev–Trinajstić information content (AvgIpc) is 3.80. The van der Waals surface area contributed by atoms with Crippen molar-refractivity contribution in [3.8, 4) is 11.1 Å². The highest BCUT2D eigenvalue weighted by atomic mass is 16.5. The van der Waals surface area contributed by atoms with Gasteiger partial charge in [-0.3, -0.25) is 9.69 Å². The Bertz CT molecular complexity index is 1520. The number of nitrogens with zero attached hydrogens (tertiary/aromatic N) is 3. The Hall–Kier alpha value is -4.05. The van der Waals surface area contributed by atoms with Gasteiger partial charge in [0.1, 0.15) is 5.82 Å². The summed E-state index contributed by atoms with van der Waals surface area (Å²) in [6.45, 7) is 6.52. The highest BCUT2D eigenvalue weighted by molar-refractivity contribution is 6.09. The quantitative estimate of drug-likeness (QED) is 0.195. The van der Waals surface area contributed by atoms with Crippen LogP contribution in [0.4, 0.5) is 5.82 Å².